The summed E-state index contributed by atoms with van der Waals surface area (Å²) in [7, 11) is 0. The molecule has 0 amide bonds. The summed E-state index contributed by atoms with van der Waals surface area (Å²) in [6.07, 6.45) is 5.07. The van der Waals surface area contributed by atoms with Crippen molar-refractivity contribution in [1.29, 1.82) is 0 Å². The van der Waals surface area contributed by atoms with Crippen molar-refractivity contribution in [3.05, 3.63) is 29.8 Å². The first kappa shape index (κ1) is 11.2. The molecule has 0 bridgehead atoms. The largest absolute Gasteiger partial charge is 0.327 e. The molecule has 1 fully saturated rings. The number of ketones is 1. The lowest BCUT2D eigenvalue weighted by Crippen LogP contribution is -2.41. The predicted octanol–water partition coefficient (Wildman–Crippen LogP) is 1.92. The SMILES string of the molecule is CC1(C(=O)c2cncc(F)c2)CCCC1N. The summed E-state index contributed by atoms with van der Waals surface area (Å²) in [4.78, 5) is 15.9. The van der Waals surface area contributed by atoms with E-state index in [-0.39, 0.29) is 11.8 Å². The molecule has 0 aliphatic heterocycles. The van der Waals surface area contributed by atoms with Gasteiger partial charge in [-0.3, -0.25) is 9.78 Å². The first-order chi connectivity index (χ1) is 7.54. The highest BCUT2D eigenvalue weighted by Gasteiger charge is 2.43. The number of carbonyl (C=O) groups excluding carboxylic acids is 1. The van der Waals surface area contributed by atoms with Crippen molar-refractivity contribution in [1.82, 2.24) is 4.98 Å². The molecule has 1 aromatic rings. The maximum atomic E-state index is 13.0. The average molecular weight is 222 g/mol. The zero-order valence-electron chi connectivity index (χ0n) is 9.24. The number of carbonyl (C=O) groups is 1. The highest BCUT2D eigenvalue weighted by molar-refractivity contribution is 6.00. The van der Waals surface area contributed by atoms with Gasteiger partial charge in [0.2, 0.25) is 0 Å². The van der Waals surface area contributed by atoms with Gasteiger partial charge in [-0.05, 0) is 18.9 Å². The molecule has 1 saturated carbocycles. The fraction of sp³-hybridized carbons (Fsp3) is 0.500. The second-order valence-electron chi connectivity index (χ2n) is 4.64. The monoisotopic (exact) mass is 222 g/mol. The molecular weight excluding hydrogens is 207 g/mol. The number of nitrogens with zero attached hydrogens (tertiary/aromatic N) is 1. The van der Waals surface area contributed by atoms with Crippen molar-refractivity contribution in [2.24, 2.45) is 11.1 Å². The van der Waals surface area contributed by atoms with E-state index < -0.39 is 11.2 Å². The van der Waals surface area contributed by atoms with Crippen molar-refractivity contribution in [2.75, 3.05) is 0 Å². The van der Waals surface area contributed by atoms with Crippen LogP contribution < -0.4 is 5.73 Å². The van der Waals surface area contributed by atoms with Crippen molar-refractivity contribution < 1.29 is 9.18 Å². The van der Waals surface area contributed by atoms with E-state index in [9.17, 15) is 9.18 Å². The molecule has 1 heterocycles. The van der Waals surface area contributed by atoms with E-state index in [0.29, 0.717) is 5.56 Å². The molecule has 1 aliphatic carbocycles. The smallest absolute Gasteiger partial charge is 0.171 e. The molecule has 2 rings (SSSR count). The normalized spacial score (nSPS) is 29.3. The van der Waals surface area contributed by atoms with Crippen LogP contribution >= 0.6 is 0 Å². The molecule has 0 saturated heterocycles. The number of rotatable bonds is 2. The van der Waals surface area contributed by atoms with Crippen molar-refractivity contribution >= 4 is 5.78 Å². The van der Waals surface area contributed by atoms with E-state index in [4.69, 9.17) is 5.73 Å². The fourth-order valence-electron chi connectivity index (χ4n) is 2.34. The van der Waals surface area contributed by atoms with Crippen LogP contribution in [0, 0.1) is 11.2 Å². The minimum absolute atomic E-state index is 0.0931. The molecule has 86 valence electrons. The van der Waals surface area contributed by atoms with Crippen molar-refractivity contribution in [2.45, 2.75) is 32.2 Å². The Hall–Kier alpha value is -1.29. The minimum Gasteiger partial charge on any atom is -0.327 e. The molecule has 16 heavy (non-hydrogen) atoms. The maximum Gasteiger partial charge on any atom is 0.171 e. The lowest BCUT2D eigenvalue weighted by Gasteiger charge is -2.27. The third kappa shape index (κ3) is 1.73. The first-order valence-electron chi connectivity index (χ1n) is 5.45. The van der Waals surface area contributed by atoms with Gasteiger partial charge < -0.3 is 5.73 Å². The van der Waals surface area contributed by atoms with Gasteiger partial charge in [0.15, 0.2) is 5.78 Å². The Labute approximate surface area is 93.9 Å². The minimum atomic E-state index is -0.560. The molecule has 2 atom stereocenters. The van der Waals surface area contributed by atoms with Crippen LogP contribution in [0.4, 0.5) is 4.39 Å². The third-order valence-corrected chi connectivity index (χ3v) is 3.52. The Morgan fingerprint density at radius 2 is 2.38 bits per heavy atom. The Kier molecular flexibility index (Phi) is 2.76. The molecule has 3 nitrogen and oxygen atoms in total. The van der Waals surface area contributed by atoms with Crippen LogP contribution in [0.25, 0.3) is 0 Å². The summed E-state index contributed by atoms with van der Waals surface area (Å²) in [6.45, 7) is 1.86. The first-order valence-corrected chi connectivity index (χ1v) is 5.45. The summed E-state index contributed by atoms with van der Waals surface area (Å²) in [5.41, 5.74) is 5.71. The lowest BCUT2D eigenvalue weighted by atomic mass is 9.78. The van der Waals surface area contributed by atoms with E-state index in [0.717, 1.165) is 25.5 Å². The second kappa shape index (κ2) is 3.94. The van der Waals surface area contributed by atoms with Crippen LogP contribution in [0.1, 0.15) is 36.5 Å². The van der Waals surface area contributed by atoms with E-state index in [1.165, 1.54) is 12.3 Å². The van der Waals surface area contributed by atoms with Crippen LogP contribution in [0.15, 0.2) is 18.5 Å². The van der Waals surface area contributed by atoms with Crippen LogP contribution in [0.5, 0.6) is 0 Å². The number of nitrogens with two attached hydrogens (primary N) is 1. The van der Waals surface area contributed by atoms with Crippen molar-refractivity contribution in [3.8, 4) is 0 Å². The number of halogens is 1. The lowest BCUT2D eigenvalue weighted by molar-refractivity contribution is 0.0801. The Balaban J connectivity index is 2.32. The number of Topliss-reactive ketones (excluding diaryl/α,β-unsaturated/α-hetero) is 1. The van der Waals surface area contributed by atoms with Gasteiger partial charge in [0, 0.05) is 23.2 Å². The summed E-state index contributed by atoms with van der Waals surface area (Å²) >= 11 is 0. The molecule has 4 heteroatoms. The van der Waals surface area contributed by atoms with Gasteiger partial charge in [-0.15, -0.1) is 0 Å². The molecule has 1 aliphatic rings. The third-order valence-electron chi connectivity index (χ3n) is 3.52. The summed E-state index contributed by atoms with van der Waals surface area (Å²) in [5.74, 6) is -0.578. The quantitative estimate of drug-likeness (QED) is 0.778. The number of pyridine rings is 1. The average Bonchev–Trinajstić information content (AvgIpc) is 2.59. The molecule has 0 spiro atoms. The van der Waals surface area contributed by atoms with Gasteiger partial charge >= 0.3 is 0 Å². The van der Waals surface area contributed by atoms with Gasteiger partial charge in [-0.25, -0.2) is 4.39 Å². The zero-order chi connectivity index (χ0) is 11.8. The number of hydrogen-bond acceptors (Lipinski definition) is 3. The summed E-state index contributed by atoms with van der Waals surface area (Å²) < 4.78 is 13.0. The summed E-state index contributed by atoms with van der Waals surface area (Å²) in [5, 5.41) is 0. The molecular formula is C12H15FN2O. The van der Waals surface area contributed by atoms with Crippen LogP contribution in [0.3, 0.4) is 0 Å². The molecule has 0 radical (unpaired) electrons. The molecule has 2 N–H and O–H groups in total. The molecule has 0 aromatic carbocycles. The van der Waals surface area contributed by atoms with Crippen LogP contribution in [0.2, 0.25) is 0 Å². The molecule has 2 unspecified atom stereocenters. The zero-order valence-corrected chi connectivity index (χ0v) is 9.24. The summed E-state index contributed by atoms with van der Waals surface area (Å²) in [6, 6.07) is 1.09. The fourth-order valence-corrected chi connectivity index (χ4v) is 2.34. The molecule has 1 aromatic heterocycles. The van der Waals surface area contributed by atoms with Crippen LogP contribution in [-0.2, 0) is 0 Å². The Morgan fingerprint density at radius 3 is 2.94 bits per heavy atom. The van der Waals surface area contributed by atoms with Gasteiger partial charge in [0.05, 0.1) is 6.20 Å². The topological polar surface area (TPSA) is 56.0 Å². The van der Waals surface area contributed by atoms with Crippen LogP contribution in [-0.4, -0.2) is 16.8 Å². The maximum absolute atomic E-state index is 13.0. The highest BCUT2D eigenvalue weighted by atomic mass is 19.1. The van der Waals surface area contributed by atoms with Crippen molar-refractivity contribution in [3.63, 3.8) is 0 Å². The Morgan fingerprint density at radius 1 is 1.62 bits per heavy atom. The van der Waals surface area contributed by atoms with E-state index in [1.807, 2.05) is 6.92 Å². The van der Waals surface area contributed by atoms with Gasteiger partial charge in [-0.2, -0.15) is 0 Å². The highest BCUT2D eigenvalue weighted by Crippen LogP contribution is 2.39. The standard InChI is InChI=1S/C12H15FN2O/c1-12(4-2-3-10(12)14)11(16)8-5-9(13)7-15-6-8/h5-7,10H,2-4,14H2,1H3. The van der Waals surface area contributed by atoms with Gasteiger partial charge in [-0.1, -0.05) is 13.3 Å². The van der Waals surface area contributed by atoms with E-state index >= 15 is 0 Å². The van der Waals surface area contributed by atoms with Gasteiger partial charge in [0.1, 0.15) is 5.82 Å². The Bertz CT molecular complexity index is 421. The van der Waals surface area contributed by atoms with E-state index in [2.05, 4.69) is 4.98 Å². The predicted molar refractivity (Wildman–Crippen MR) is 58.5 cm³/mol. The van der Waals surface area contributed by atoms with Gasteiger partial charge in [0.25, 0.3) is 0 Å². The number of hydrogen-bond donors (Lipinski definition) is 1. The second-order valence-corrected chi connectivity index (χ2v) is 4.64. The number of aromatic nitrogens is 1. The van der Waals surface area contributed by atoms with E-state index in [1.54, 1.807) is 0 Å².